The van der Waals surface area contributed by atoms with Crippen molar-refractivity contribution in [2.45, 2.75) is 24.7 Å². The summed E-state index contributed by atoms with van der Waals surface area (Å²) in [6.07, 6.45) is 0.663. The molecular formula is C37H30O3. The molecule has 3 nitrogen and oxygen atoms in total. The molecule has 0 aromatic heterocycles. The fraction of sp³-hybridized carbons (Fsp3) is 0.108. The van der Waals surface area contributed by atoms with E-state index in [2.05, 4.69) is 36.4 Å². The highest BCUT2D eigenvalue weighted by Crippen LogP contribution is 2.38. The molecule has 40 heavy (non-hydrogen) atoms. The quantitative estimate of drug-likeness (QED) is 0.210. The van der Waals surface area contributed by atoms with Crippen LogP contribution in [0.2, 0.25) is 0 Å². The Bertz CT molecular complexity index is 1660. The highest BCUT2D eigenvalue weighted by atomic mass is 16.3. The number of benzene rings is 6. The maximum Gasteiger partial charge on any atom is 0.134 e. The lowest BCUT2D eigenvalue weighted by atomic mass is 9.80. The van der Waals surface area contributed by atoms with E-state index >= 15 is 0 Å². The average Bonchev–Trinajstić information content (AvgIpc) is 2.99. The van der Waals surface area contributed by atoms with Gasteiger partial charge in [-0.1, -0.05) is 109 Å². The lowest BCUT2D eigenvalue weighted by Crippen LogP contribution is -2.14. The number of hydrogen-bond acceptors (Lipinski definition) is 3. The van der Waals surface area contributed by atoms with Gasteiger partial charge in [0.15, 0.2) is 0 Å². The van der Waals surface area contributed by atoms with Crippen LogP contribution in [-0.2, 0) is 4.79 Å². The monoisotopic (exact) mass is 522 g/mol. The molecule has 6 aromatic carbocycles. The van der Waals surface area contributed by atoms with Gasteiger partial charge in [-0.05, 0) is 68.1 Å². The number of aromatic hydroxyl groups is 2. The summed E-state index contributed by atoms with van der Waals surface area (Å²) >= 11 is 0. The Kier molecular flexibility index (Phi) is 7.03. The Balaban J connectivity index is 1.41. The minimum atomic E-state index is -0.160. The fourth-order valence-corrected chi connectivity index (χ4v) is 5.90. The first-order chi connectivity index (χ1) is 19.6. The van der Waals surface area contributed by atoms with E-state index in [0.29, 0.717) is 12.8 Å². The lowest BCUT2D eigenvalue weighted by Gasteiger charge is -2.23. The van der Waals surface area contributed by atoms with Crippen molar-refractivity contribution in [1.29, 1.82) is 0 Å². The molecule has 0 heterocycles. The van der Waals surface area contributed by atoms with Gasteiger partial charge in [-0.3, -0.25) is 4.79 Å². The molecule has 3 heteroatoms. The number of fused-ring (bicyclic) bond motifs is 2. The maximum atomic E-state index is 14.1. The number of carbonyl (C=O) groups excluding carboxylic acids is 1. The summed E-state index contributed by atoms with van der Waals surface area (Å²) in [5, 5.41) is 24.5. The second-order valence-corrected chi connectivity index (χ2v) is 10.4. The second-order valence-electron chi connectivity index (χ2n) is 10.4. The van der Waals surface area contributed by atoms with Gasteiger partial charge in [0.05, 0.1) is 0 Å². The maximum absolute atomic E-state index is 14.1. The van der Waals surface area contributed by atoms with Crippen LogP contribution in [0.15, 0.2) is 133 Å². The summed E-state index contributed by atoms with van der Waals surface area (Å²) < 4.78 is 0. The number of rotatable bonds is 8. The van der Waals surface area contributed by atoms with Crippen LogP contribution in [0.4, 0.5) is 0 Å². The van der Waals surface area contributed by atoms with Gasteiger partial charge in [-0.25, -0.2) is 0 Å². The normalized spacial score (nSPS) is 12.8. The Morgan fingerprint density at radius 3 is 1.35 bits per heavy atom. The van der Waals surface area contributed by atoms with Gasteiger partial charge in [0.1, 0.15) is 17.3 Å². The first kappa shape index (κ1) is 25.4. The molecular weight excluding hydrogens is 492 g/mol. The number of carbonyl (C=O) groups is 1. The minimum Gasteiger partial charge on any atom is -0.508 e. The third kappa shape index (κ3) is 5.19. The summed E-state index contributed by atoms with van der Waals surface area (Å²) in [6.45, 7) is 0. The average molecular weight is 523 g/mol. The molecule has 0 saturated carbocycles. The van der Waals surface area contributed by atoms with Crippen LogP contribution in [0, 0.1) is 0 Å². The van der Waals surface area contributed by atoms with Crippen LogP contribution in [-0.4, -0.2) is 16.0 Å². The number of Topliss-reactive ketones (excluding diaryl/α,β-unsaturated/α-hetero) is 1. The third-order valence-corrected chi connectivity index (χ3v) is 7.82. The topological polar surface area (TPSA) is 57.5 Å². The van der Waals surface area contributed by atoms with Crippen molar-refractivity contribution in [2.24, 2.45) is 0 Å². The molecule has 196 valence electrons. The zero-order valence-electron chi connectivity index (χ0n) is 22.1. The predicted octanol–water partition coefficient (Wildman–Crippen LogP) is 8.72. The molecule has 2 N–H and O–H groups in total. The molecule has 6 rings (SSSR count). The molecule has 0 saturated heterocycles. The summed E-state index contributed by atoms with van der Waals surface area (Å²) in [7, 11) is 0. The molecule has 0 spiro atoms. The van der Waals surface area contributed by atoms with Gasteiger partial charge < -0.3 is 10.2 Å². The van der Waals surface area contributed by atoms with Gasteiger partial charge in [0.2, 0.25) is 0 Å². The summed E-state index contributed by atoms with van der Waals surface area (Å²) in [5.74, 6) is 0.249. The largest absolute Gasteiger partial charge is 0.508 e. The van der Waals surface area contributed by atoms with Gasteiger partial charge in [-0.2, -0.15) is 0 Å². The van der Waals surface area contributed by atoms with Crippen LogP contribution >= 0.6 is 0 Å². The third-order valence-electron chi connectivity index (χ3n) is 7.82. The molecule has 2 atom stereocenters. The molecule has 0 aliphatic carbocycles. The molecule has 0 radical (unpaired) electrons. The first-order valence-electron chi connectivity index (χ1n) is 13.6. The van der Waals surface area contributed by atoms with Gasteiger partial charge in [0, 0.05) is 24.7 Å². The molecule has 6 aromatic rings. The smallest absolute Gasteiger partial charge is 0.134 e. The molecule has 0 bridgehead atoms. The van der Waals surface area contributed by atoms with E-state index in [0.717, 1.165) is 43.8 Å². The number of hydrogen-bond donors (Lipinski definition) is 2. The molecule has 0 fully saturated rings. The second kappa shape index (κ2) is 11.1. The van der Waals surface area contributed by atoms with Crippen molar-refractivity contribution in [3.63, 3.8) is 0 Å². The van der Waals surface area contributed by atoms with E-state index < -0.39 is 0 Å². The number of ketones is 1. The van der Waals surface area contributed by atoms with Gasteiger partial charge in [-0.15, -0.1) is 0 Å². The zero-order valence-corrected chi connectivity index (χ0v) is 22.1. The van der Waals surface area contributed by atoms with E-state index in [-0.39, 0.29) is 29.1 Å². The summed E-state index contributed by atoms with van der Waals surface area (Å²) in [6, 6.07) is 43.3. The van der Waals surface area contributed by atoms with E-state index in [1.807, 2.05) is 72.8 Å². The number of phenolic OH excluding ortho intramolecular Hbond substituents is 2. The van der Waals surface area contributed by atoms with Crippen molar-refractivity contribution in [3.05, 3.63) is 156 Å². The Labute approximate surface area is 234 Å². The van der Waals surface area contributed by atoms with Crippen LogP contribution in [0.3, 0.4) is 0 Å². The summed E-state index contributed by atoms with van der Waals surface area (Å²) in [4.78, 5) is 14.1. The van der Waals surface area contributed by atoms with Crippen molar-refractivity contribution in [3.8, 4) is 11.5 Å². The highest BCUT2D eigenvalue weighted by molar-refractivity contribution is 5.91. The standard InChI is InChI=1S/C37H30O3/c38-29-19-17-27-13-7-15-32(34(27)21-29)36(25-9-3-1-4-10-25)23-31(40)24-37(26-11-5-2-6-12-26)33-16-8-14-28-18-20-30(39)22-35(28)33/h1-22,36-39H,23-24H2/t36-,37-/m0/s1. The number of phenols is 2. The van der Waals surface area contributed by atoms with Crippen LogP contribution in [0.25, 0.3) is 21.5 Å². The van der Waals surface area contributed by atoms with Gasteiger partial charge in [0.25, 0.3) is 0 Å². The molecule has 0 unspecified atom stereocenters. The van der Waals surface area contributed by atoms with Gasteiger partial charge >= 0.3 is 0 Å². The van der Waals surface area contributed by atoms with Crippen molar-refractivity contribution in [2.75, 3.05) is 0 Å². The Morgan fingerprint density at radius 1 is 0.500 bits per heavy atom. The van der Waals surface area contributed by atoms with Crippen molar-refractivity contribution >= 4 is 27.3 Å². The molecule has 0 amide bonds. The molecule has 0 aliphatic rings. The lowest BCUT2D eigenvalue weighted by molar-refractivity contribution is -0.119. The van der Waals surface area contributed by atoms with Crippen LogP contribution in [0.1, 0.15) is 46.9 Å². The highest BCUT2D eigenvalue weighted by Gasteiger charge is 2.25. The van der Waals surface area contributed by atoms with E-state index in [9.17, 15) is 15.0 Å². The fourth-order valence-electron chi connectivity index (χ4n) is 5.90. The van der Waals surface area contributed by atoms with Crippen LogP contribution in [0.5, 0.6) is 11.5 Å². The predicted molar refractivity (Wildman–Crippen MR) is 162 cm³/mol. The zero-order chi connectivity index (χ0) is 27.5. The molecule has 0 aliphatic heterocycles. The van der Waals surface area contributed by atoms with Crippen molar-refractivity contribution in [1.82, 2.24) is 0 Å². The van der Waals surface area contributed by atoms with E-state index in [1.165, 1.54) is 0 Å². The minimum absolute atomic E-state index is 0.150. The van der Waals surface area contributed by atoms with Crippen LogP contribution < -0.4 is 0 Å². The SMILES string of the molecule is O=C(C[C@@H](c1ccccc1)c1cccc2ccc(O)cc12)C[C@@H](c1ccccc1)c1cccc2ccc(O)cc12. The first-order valence-corrected chi connectivity index (χ1v) is 13.6. The van der Waals surface area contributed by atoms with E-state index in [4.69, 9.17) is 0 Å². The Morgan fingerprint density at radius 2 is 0.925 bits per heavy atom. The Hall–Kier alpha value is -4.89. The van der Waals surface area contributed by atoms with Crippen molar-refractivity contribution < 1.29 is 15.0 Å². The van der Waals surface area contributed by atoms with E-state index in [1.54, 1.807) is 24.3 Å². The summed E-state index contributed by atoms with van der Waals surface area (Å²) in [5.41, 5.74) is 4.19.